The Bertz CT molecular complexity index is 571. The Morgan fingerprint density at radius 3 is 2.59 bits per heavy atom. The Kier molecular flexibility index (Phi) is 2.88. The summed E-state index contributed by atoms with van der Waals surface area (Å²) in [7, 11) is 0. The first-order valence-corrected chi connectivity index (χ1v) is 5.83. The van der Waals surface area contributed by atoms with E-state index in [2.05, 4.69) is 4.98 Å². The lowest BCUT2D eigenvalue weighted by molar-refractivity contribution is 0.209. The molecule has 0 saturated heterocycles. The molecule has 0 radical (unpaired) electrons. The highest BCUT2D eigenvalue weighted by atomic mass is 16.2. The van der Waals surface area contributed by atoms with Crippen LogP contribution in [0.4, 0.5) is 0 Å². The molecule has 0 aromatic carbocycles. The van der Waals surface area contributed by atoms with Gasteiger partial charge in [-0.1, -0.05) is 19.3 Å². The van der Waals surface area contributed by atoms with E-state index in [0.717, 1.165) is 25.7 Å². The van der Waals surface area contributed by atoms with Gasteiger partial charge in [0.15, 0.2) is 0 Å². The van der Waals surface area contributed by atoms with Crippen molar-refractivity contribution in [1.29, 1.82) is 5.26 Å². The lowest BCUT2D eigenvalue weighted by atomic mass is 9.83. The molecule has 1 aromatic rings. The molecule has 1 aliphatic rings. The minimum Gasteiger partial charge on any atom is -0.293 e. The highest BCUT2D eigenvalue weighted by Gasteiger charge is 2.30. The Labute approximate surface area is 98.7 Å². The first-order chi connectivity index (χ1) is 8.07. The van der Waals surface area contributed by atoms with Gasteiger partial charge >= 0.3 is 5.69 Å². The fourth-order valence-electron chi connectivity index (χ4n) is 2.51. The predicted octanol–water partition coefficient (Wildman–Crippen LogP) is 1.09. The van der Waals surface area contributed by atoms with Gasteiger partial charge in [-0.15, -0.1) is 0 Å². The molecule has 1 heterocycles. The van der Waals surface area contributed by atoms with Crippen LogP contribution in [0.1, 0.15) is 44.6 Å². The number of hydrogen-bond donors (Lipinski definition) is 1. The Hall–Kier alpha value is -1.83. The zero-order chi connectivity index (χ0) is 12.5. The van der Waals surface area contributed by atoms with Gasteiger partial charge in [0.05, 0.1) is 0 Å². The number of hydrogen-bond acceptors (Lipinski definition) is 3. The highest BCUT2D eigenvalue weighted by Crippen LogP contribution is 2.33. The molecule has 0 aliphatic heterocycles. The van der Waals surface area contributed by atoms with E-state index in [-0.39, 0.29) is 11.1 Å². The molecular weight excluding hydrogens is 218 g/mol. The highest BCUT2D eigenvalue weighted by molar-refractivity contribution is 5.22. The summed E-state index contributed by atoms with van der Waals surface area (Å²) in [5.74, 6) is 0. The van der Waals surface area contributed by atoms with Crippen molar-refractivity contribution in [3.05, 3.63) is 32.6 Å². The molecule has 0 spiro atoms. The van der Waals surface area contributed by atoms with Crippen LogP contribution in [0.25, 0.3) is 0 Å². The zero-order valence-electron chi connectivity index (χ0n) is 9.82. The third-order valence-corrected chi connectivity index (χ3v) is 3.57. The summed E-state index contributed by atoms with van der Waals surface area (Å²) >= 11 is 0. The van der Waals surface area contributed by atoms with Crippen LogP contribution in [-0.2, 0) is 5.54 Å². The Balaban J connectivity index is 2.55. The molecule has 5 heteroatoms. The van der Waals surface area contributed by atoms with Crippen LogP contribution in [0.15, 0.2) is 15.8 Å². The fraction of sp³-hybridized carbons (Fsp3) is 0.583. The molecule has 0 atom stereocenters. The summed E-state index contributed by atoms with van der Waals surface area (Å²) in [5, 5.41) is 8.83. The summed E-state index contributed by atoms with van der Waals surface area (Å²) < 4.78 is 1.52. The Morgan fingerprint density at radius 1 is 1.35 bits per heavy atom. The summed E-state index contributed by atoms with van der Waals surface area (Å²) in [6.07, 6.45) is 6.53. The number of aromatic nitrogens is 2. The molecule has 1 fully saturated rings. The molecule has 5 nitrogen and oxygen atoms in total. The number of aromatic amines is 1. The smallest absolute Gasteiger partial charge is 0.293 e. The molecule has 90 valence electrons. The number of nitrogens with one attached hydrogen (secondary N) is 1. The second kappa shape index (κ2) is 4.21. The van der Waals surface area contributed by atoms with Crippen LogP contribution in [0, 0.1) is 11.3 Å². The molecule has 0 amide bonds. The van der Waals surface area contributed by atoms with Crippen LogP contribution in [0.5, 0.6) is 0 Å². The third-order valence-electron chi connectivity index (χ3n) is 3.57. The number of nitriles is 1. The zero-order valence-corrected chi connectivity index (χ0v) is 9.82. The summed E-state index contributed by atoms with van der Waals surface area (Å²) in [5.41, 5.74) is -1.30. The molecule has 2 rings (SSSR count). The molecule has 17 heavy (non-hydrogen) atoms. The quantitative estimate of drug-likeness (QED) is 0.788. The maximum atomic E-state index is 11.8. The normalized spacial score (nSPS) is 18.6. The van der Waals surface area contributed by atoms with E-state index in [0.29, 0.717) is 0 Å². The number of nitrogens with zero attached hydrogens (tertiary/aromatic N) is 2. The van der Waals surface area contributed by atoms with Crippen LogP contribution < -0.4 is 11.2 Å². The van der Waals surface area contributed by atoms with Crippen molar-refractivity contribution in [2.75, 3.05) is 0 Å². The Morgan fingerprint density at radius 2 is 2.00 bits per heavy atom. The average molecular weight is 233 g/mol. The lowest BCUT2D eigenvalue weighted by Crippen LogP contribution is -2.43. The van der Waals surface area contributed by atoms with Crippen LogP contribution >= 0.6 is 0 Å². The van der Waals surface area contributed by atoms with Crippen molar-refractivity contribution >= 4 is 0 Å². The largest absolute Gasteiger partial charge is 0.328 e. The van der Waals surface area contributed by atoms with Crippen LogP contribution in [0.3, 0.4) is 0 Å². The van der Waals surface area contributed by atoms with E-state index >= 15 is 0 Å². The van der Waals surface area contributed by atoms with E-state index in [9.17, 15) is 9.59 Å². The van der Waals surface area contributed by atoms with E-state index in [4.69, 9.17) is 5.26 Å². The minimum absolute atomic E-state index is 0.00333. The van der Waals surface area contributed by atoms with Crippen molar-refractivity contribution in [2.45, 2.75) is 44.6 Å². The van der Waals surface area contributed by atoms with Gasteiger partial charge in [0.2, 0.25) is 0 Å². The second-order valence-electron chi connectivity index (χ2n) is 4.84. The van der Waals surface area contributed by atoms with Crippen LogP contribution in [-0.4, -0.2) is 9.55 Å². The monoisotopic (exact) mass is 233 g/mol. The van der Waals surface area contributed by atoms with Gasteiger partial charge in [-0.25, -0.2) is 4.79 Å². The van der Waals surface area contributed by atoms with Gasteiger partial charge in [0.1, 0.15) is 11.6 Å². The van der Waals surface area contributed by atoms with Gasteiger partial charge in [-0.3, -0.25) is 14.3 Å². The van der Waals surface area contributed by atoms with Crippen molar-refractivity contribution < 1.29 is 0 Å². The second-order valence-corrected chi connectivity index (χ2v) is 4.84. The van der Waals surface area contributed by atoms with Crippen molar-refractivity contribution in [2.24, 2.45) is 0 Å². The van der Waals surface area contributed by atoms with E-state index in [1.165, 1.54) is 17.2 Å². The molecule has 0 bridgehead atoms. The van der Waals surface area contributed by atoms with Gasteiger partial charge < -0.3 is 0 Å². The van der Waals surface area contributed by atoms with Gasteiger partial charge in [0.25, 0.3) is 5.56 Å². The average Bonchev–Trinajstić information content (AvgIpc) is 2.30. The topological polar surface area (TPSA) is 78.7 Å². The van der Waals surface area contributed by atoms with E-state index in [1.807, 2.05) is 13.0 Å². The van der Waals surface area contributed by atoms with Crippen molar-refractivity contribution in [3.63, 3.8) is 0 Å². The van der Waals surface area contributed by atoms with E-state index in [1.54, 1.807) is 0 Å². The van der Waals surface area contributed by atoms with Crippen molar-refractivity contribution in [3.8, 4) is 6.07 Å². The lowest BCUT2D eigenvalue weighted by Gasteiger charge is -2.35. The summed E-state index contributed by atoms with van der Waals surface area (Å²) in [6.45, 7) is 2.01. The van der Waals surface area contributed by atoms with E-state index < -0.39 is 11.2 Å². The summed E-state index contributed by atoms with van der Waals surface area (Å²) in [6, 6.07) is 1.82. The molecule has 0 unspecified atom stereocenters. The molecule has 1 aliphatic carbocycles. The van der Waals surface area contributed by atoms with Gasteiger partial charge in [0, 0.05) is 11.7 Å². The maximum absolute atomic E-state index is 11.8. The first kappa shape index (κ1) is 11.6. The fourth-order valence-corrected chi connectivity index (χ4v) is 2.51. The molecule has 1 saturated carbocycles. The van der Waals surface area contributed by atoms with Crippen molar-refractivity contribution in [1.82, 2.24) is 9.55 Å². The summed E-state index contributed by atoms with van der Waals surface area (Å²) in [4.78, 5) is 25.3. The number of H-pyrrole nitrogens is 1. The molecule has 1 aromatic heterocycles. The SMILES string of the molecule is CC1(n2cc(C#N)c(=O)[nH]c2=O)CCCCC1. The minimum atomic E-state index is -0.604. The standard InChI is InChI=1S/C12H15N3O2/c1-12(5-3-2-4-6-12)15-8-9(7-13)10(16)14-11(15)17/h8H,2-6H2,1H3,(H,14,16,17). The van der Waals surface area contributed by atoms with Crippen LogP contribution in [0.2, 0.25) is 0 Å². The predicted molar refractivity (Wildman–Crippen MR) is 62.8 cm³/mol. The third kappa shape index (κ3) is 2.03. The molecule has 1 N–H and O–H groups in total. The molecular formula is C12H15N3O2. The van der Waals surface area contributed by atoms with Gasteiger partial charge in [-0.05, 0) is 19.8 Å². The maximum Gasteiger partial charge on any atom is 0.328 e. The number of rotatable bonds is 1. The first-order valence-electron chi connectivity index (χ1n) is 5.83. The van der Waals surface area contributed by atoms with Gasteiger partial charge in [-0.2, -0.15) is 5.26 Å².